The molecule has 2 N–H and O–H groups in total. The Labute approximate surface area is 186 Å². The number of rotatable bonds is 5. The number of hydrogen-bond acceptors (Lipinski definition) is 11. The van der Waals surface area contributed by atoms with Gasteiger partial charge < -0.3 is 10.5 Å². The molecule has 0 amide bonds. The quantitative estimate of drug-likeness (QED) is 0.530. The van der Waals surface area contributed by atoms with Crippen LogP contribution >= 0.6 is 23.1 Å². The number of aromatic nitrogens is 3. The molecule has 0 spiro atoms. The summed E-state index contributed by atoms with van der Waals surface area (Å²) in [5, 5.41) is 18.7. The van der Waals surface area contributed by atoms with E-state index in [2.05, 4.69) is 26.0 Å². The fourth-order valence-corrected chi connectivity index (χ4v) is 5.43. The van der Waals surface area contributed by atoms with E-state index in [1.807, 2.05) is 6.07 Å². The molecule has 0 fully saturated rings. The molecule has 2 aliphatic rings. The van der Waals surface area contributed by atoms with E-state index in [1.54, 1.807) is 23.4 Å². The molecule has 4 rings (SSSR count). The summed E-state index contributed by atoms with van der Waals surface area (Å²) in [6.45, 7) is 0. The first kappa shape index (κ1) is 21.0. The van der Waals surface area contributed by atoms with Crippen LogP contribution in [0, 0.1) is 11.3 Å². The van der Waals surface area contributed by atoms with Gasteiger partial charge in [-0.3, -0.25) is 19.5 Å². The van der Waals surface area contributed by atoms with E-state index in [4.69, 9.17) is 5.73 Å². The zero-order valence-corrected chi connectivity index (χ0v) is 18.2. The van der Waals surface area contributed by atoms with Crippen LogP contribution in [0.3, 0.4) is 0 Å². The van der Waals surface area contributed by atoms with Crippen LogP contribution < -0.4 is 10.6 Å². The smallest absolute Gasteiger partial charge is 0.316 e. The lowest BCUT2D eigenvalue weighted by Gasteiger charge is -2.37. The Bertz CT molecular complexity index is 1140. The number of nitriles is 1. The minimum absolute atomic E-state index is 0.00911. The molecule has 3 heterocycles. The van der Waals surface area contributed by atoms with Crippen LogP contribution in [0.15, 0.2) is 51.5 Å². The van der Waals surface area contributed by atoms with E-state index in [-0.39, 0.29) is 28.9 Å². The Morgan fingerprint density at radius 1 is 1.45 bits per heavy atom. The summed E-state index contributed by atoms with van der Waals surface area (Å²) in [5.74, 6) is -0.599. The van der Waals surface area contributed by atoms with Gasteiger partial charge in [-0.1, -0.05) is 29.2 Å². The average Bonchev–Trinajstić information content (AvgIpc) is 3.25. The zero-order chi connectivity index (χ0) is 22.0. The van der Waals surface area contributed by atoms with Gasteiger partial charge in [0.15, 0.2) is 10.1 Å². The number of hydrogen-bond donors (Lipinski definition) is 1. The first-order valence-corrected chi connectivity index (χ1v) is 11.2. The van der Waals surface area contributed by atoms with Crippen molar-refractivity contribution in [2.24, 2.45) is 5.73 Å². The molecular weight excluding hydrogens is 436 g/mol. The topological polar surface area (TPSA) is 135 Å². The first-order valence-electron chi connectivity index (χ1n) is 9.44. The maximum absolute atomic E-state index is 13.0. The molecule has 11 heteroatoms. The summed E-state index contributed by atoms with van der Waals surface area (Å²) in [5.41, 5.74) is 8.80. The highest BCUT2D eigenvalue weighted by Crippen LogP contribution is 2.46. The van der Waals surface area contributed by atoms with Crippen molar-refractivity contribution in [2.45, 2.75) is 29.5 Å². The Morgan fingerprint density at radius 2 is 2.29 bits per heavy atom. The molecule has 1 atom stereocenters. The van der Waals surface area contributed by atoms with Crippen molar-refractivity contribution in [1.82, 2.24) is 15.2 Å². The van der Waals surface area contributed by atoms with Crippen molar-refractivity contribution >= 4 is 40.0 Å². The lowest BCUT2D eigenvalue weighted by Crippen LogP contribution is -2.38. The largest absolute Gasteiger partial charge is 0.468 e. The third-order valence-electron chi connectivity index (χ3n) is 5.06. The molecule has 2 aromatic rings. The Hall–Kier alpha value is -3.23. The second-order valence-electron chi connectivity index (χ2n) is 6.82. The summed E-state index contributed by atoms with van der Waals surface area (Å²) in [6.07, 6.45) is 5.03. The van der Waals surface area contributed by atoms with Crippen LogP contribution in [0.25, 0.3) is 0 Å². The van der Waals surface area contributed by atoms with Crippen molar-refractivity contribution in [3.8, 4) is 6.07 Å². The number of nitrogens with two attached hydrogens (primary N) is 1. The van der Waals surface area contributed by atoms with Crippen LogP contribution in [0.5, 0.6) is 0 Å². The molecular formula is C20H18N6O3S2. The van der Waals surface area contributed by atoms with E-state index in [0.717, 1.165) is 11.3 Å². The van der Waals surface area contributed by atoms with Crippen molar-refractivity contribution in [2.75, 3.05) is 17.8 Å². The number of ketones is 1. The van der Waals surface area contributed by atoms with E-state index < -0.39 is 5.92 Å². The van der Waals surface area contributed by atoms with Crippen molar-refractivity contribution in [3.63, 3.8) is 0 Å². The summed E-state index contributed by atoms with van der Waals surface area (Å²) < 4.78 is 5.21. The number of thioether (sulfide) groups is 1. The van der Waals surface area contributed by atoms with Gasteiger partial charge in [0.2, 0.25) is 5.13 Å². The molecule has 158 valence electrons. The third-order valence-corrected chi connectivity index (χ3v) is 7.07. The second kappa shape index (κ2) is 8.87. The summed E-state index contributed by atoms with van der Waals surface area (Å²) in [6, 6.07) is 5.82. The Balaban J connectivity index is 1.79. The Kier molecular flexibility index (Phi) is 6.01. The van der Waals surface area contributed by atoms with Gasteiger partial charge in [0.05, 0.1) is 30.4 Å². The molecule has 0 bridgehead atoms. The first-order chi connectivity index (χ1) is 15.0. The number of carbonyl (C=O) groups is 2. The van der Waals surface area contributed by atoms with Crippen LogP contribution in [0.2, 0.25) is 0 Å². The van der Waals surface area contributed by atoms with E-state index in [1.165, 1.54) is 30.2 Å². The monoisotopic (exact) mass is 454 g/mol. The van der Waals surface area contributed by atoms with Crippen molar-refractivity contribution in [1.29, 1.82) is 5.26 Å². The van der Waals surface area contributed by atoms with Gasteiger partial charge in [-0.25, -0.2) is 0 Å². The summed E-state index contributed by atoms with van der Waals surface area (Å²) in [7, 11) is 1.32. The molecule has 1 unspecified atom stereocenters. The predicted octanol–water partition coefficient (Wildman–Crippen LogP) is 2.50. The molecule has 1 aliphatic carbocycles. The summed E-state index contributed by atoms with van der Waals surface area (Å²) in [4.78, 5) is 30.2. The van der Waals surface area contributed by atoms with Crippen LogP contribution in [-0.2, 0) is 14.3 Å². The van der Waals surface area contributed by atoms with Gasteiger partial charge in [-0.05, 0) is 24.5 Å². The third kappa shape index (κ3) is 3.92. The fraction of sp³-hybridized carbons (Fsp3) is 0.300. The minimum Gasteiger partial charge on any atom is -0.468 e. The normalized spacial score (nSPS) is 18.6. The van der Waals surface area contributed by atoms with Crippen molar-refractivity contribution in [3.05, 3.63) is 52.8 Å². The molecule has 0 saturated carbocycles. The van der Waals surface area contributed by atoms with Crippen molar-refractivity contribution < 1.29 is 14.3 Å². The molecule has 0 radical (unpaired) electrons. The molecule has 0 aromatic carbocycles. The highest BCUT2D eigenvalue weighted by molar-refractivity contribution is 8.01. The molecule has 0 saturated heterocycles. The Morgan fingerprint density at radius 3 is 3.00 bits per heavy atom. The van der Waals surface area contributed by atoms with Gasteiger partial charge in [0.1, 0.15) is 5.82 Å². The van der Waals surface area contributed by atoms with Gasteiger partial charge in [-0.15, -0.1) is 10.2 Å². The predicted molar refractivity (Wildman–Crippen MR) is 115 cm³/mol. The van der Waals surface area contributed by atoms with E-state index in [0.29, 0.717) is 34.3 Å². The number of nitrogens with zero attached hydrogens (tertiary/aromatic N) is 5. The van der Waals surface area contributed by atoms with Crippen LogP contribution in [0.4, 0.5) is 5.13 Å². The highest BCUT2D eigenvalue weighted by atomic mass is 32.2. The standard InChI is InChI=1S/C20H18N6O3S2/c1-29-15(28)10-30-20-25-24-19(31-20)26-13-5-2-6-14(27)17(13)16(12(8-21)18(26)22)11-4-3-7-23-9-11/h3-4,7,9,16H,2,5-6,10,22H2,1H3. The molecule has 9 nitrogen and oxygen atoms in total. The number of ether oxygens (including phenoxy) is 1. The number of allylic oxidation sites excluding steroid dienone is 3. The fourth-order valence-electron chi connectivity index (χ4n) is 3.72. The lowest BCUT2D eigenvalue weighted by atomic mass is 9.76. The van der Waals surface area contributed by atoms with E-state index >= 15 is 0 Å². The van der Waals surface area contributed by atoms with Gasteiger partial charge in [0.25, 0.3) is 0 Å². The molecule has 31 heavy (non-hydrogen) atoms. The number of anilines is 1. The van der Waals surface area contributed by atoms with Crippen LogP contribution in [0.1, 0.15) is 30.7 Å². The minimum atomic E-state index is -0.557. The highest BCUT2D eigenvalue weighted by Gasteiger charge is 2.41. The number of methoxy groups -OCH3 is 1. The maximum atomic E-state index is 13.0. The molecule has 2 aromatic heterocycles. The number of pyridine rings is 1. The average molecular weight is 455 g/mol. The summed E-state index contributed by atoms with van der Waals surface area (Å²) >= 11 is 2.44. The van der Waals surface area contributed by atoms with Gasteiger partial charge >= 0.3 is 5.97 Å². The second-order valence-corrected chi connectivity index (χ2v) is 9.00. The van der Waals surface area contributed by atoms with E-state index in [9.17, 15) is 14.9 Å². The zero-order valence-electron chi connectivity index (χ0n) is 16.6. The van der Waals surface area contributed by atoms with Gasteiger partial charge in [0, 0.05) is 30.1 Å². The van der Waals surface area contributed by atoms with Crippen LogP contribution in [-0.4, -0.2) is 39.8 Å². The lowest BCUT2D eigenvalue weighted by molar-refractivity contribution is -0.137. The number of Topliss-reactive ketones (excluding diaryl/α,β-unsaturated/α-hetero) is 1. The van der Waals surface area contributed by atoms with Gasteiger partial charge in [-0.2, -0.15) is 5.26 Å². The molecule has 1 aliphatic heterocycles. The SMILES string of the molecule is COC(=O)CSc1nnc(N2C(N)=C(C#N)C(c3cccnc3)C3=C2CCCC3=O)s1. The number of carbonyl (C=O) groups excluding carboxylic acids is 2. The maximum Gasteiger partial charge on any atom is 0.316 e. The number of esters is 1.